The van der Waals surface area contributed by atoms with Crippen molar-refractivity contribution in [1.29, 1.82) is 0 Å². The predicted octanol–water partition coefficient (Wildman–Crippen LogP) is 1.17. The normalized spacial score (nSPS) is 15.5. The van der Waals surface area contributed by atoms with Crippen LogP contribution in [0.25, 0.3) is 0 Å². The molecule has 1 unspecified atom stereocenters. The first-order valence-electron chi connectivity index (χ1n) is 5.10. The standard InChI is InChI=1S/C10H15ClN2O3S/c1-3-10(2,14)7-13-17(15,16)8-4-5-12-9(11)6-8/h4-6,13-14H,3,7H2,1-2H3. The van der Waals surface area contributed by atoms with Gasteiger partial charge in [0.15, 0.2) is 0 Å². The van der Waals surface area contributed by atoms with Crippen LogP contribution in [0.1, 0.15) is 20.3 Å². The lowest BCUT2D eigenvalue weighted by Gasteiger charge is -2.21. The maximum absolute atomic E-state index is 11.8. The number of rotatable bonds is 5. The molecule has 0 aliphatic rings. The molecule has 0 radical (unpaired) electrons. The van der Waals surface area contributed by atoms with Crippen molar-refractivity contribution in [3.63, 3.8) is 0 Å². The van der Waals surface area contributed by atoms with E-state index < -0.39 is 15.6 Å². The number of aromatic nitrogens is 1. The van der Waals surface area contributed by atoms with Crippen LogP contribution in [0.2, 0.25) is 5.15 Å². The van der Waals surface area contributed by atoms with E-state index in [-0.39, 0.29) is 16.6 Å². The second-order valence-electron chi connectivity index (χ2n) is 3.99. The maximum atomic E-state index is 11.8. The third-order valence-electron chi connectivity index (χ3n) is 2.41. The molecule has 0 amide bonds. The van der Waals surface area contributed by atoms with Gasteiger partial charge >= 0.3 is 0 Å². The maximum Gasteiger partial charge on any atom is 0.240 e. The number of nitrogens with one attached hydrogen (secondary N) is 1. The van der Waals surface area contributed by atoms with Gasteiger partial charge in [-0.3, -0.25) is 0 Å². The molecule has 96 valence electrons. The molecule has 0 spiro atoms. The van der Waals surface area contributed by atoms with Gasteiger partial charge in [0.25, 0.3) is 0 Å². The summed E-state index contributed by atoms with van der Waals surface area (Å²) in [5.41, 5.74) is -1.07. The van der Waals surface area contributed by atoms with Crippen molar-refractivity contribution in [2.45, 2.75) is 30.8 Å². The Balaban J connectivity index is 2.83. The van der Waals surface area contributed by atoms with Gasteiger partial charge in [0.1, 0.15) is 5.15 Å². The fraction of sp³-hybridized carbons (Fsp3) is 0.500. The molecule has 1 atom stereocenters. The lowest BCUT2D eigenvalue weighted by Crippen LogP contribution is -2.40. The van der Waals surface area contributed by atoms with E-state index in [9.17, 15) is 13.5 Å². The third-order valence-corrected chi connectivity index (χ3v) is 4.02. The Morgan fingerprint density at radius 2 is 2.24 bits per heavy atom. The van der Waals surface area contributed by atoms with Crippen LogP contribution in [0.4, 0.5) is 0 Å². The molecular weight excluding hydrogens is 264 g/mol. The highest BCUT2D eigenvalue weighted by molar-refractivity contribution is 7.89. The number of nitrogens with zero attached hydrogens (tertiary/aromatic N) is 1. The van der Waals surface area contributed by atoms with Crippen molar-refractivity contribution in [3.8, 4) is 0 Å². The molecule has 0 saturated carbocycles. The van der Waals surface area contributed by atoms with E-state index in [2.05, 4.69) is 9.71 Å². The molecular formula is C10H15ClN2O3S. The van der Waals surface area contributed by atoms with E-state index >= 15 is 0 Å². The Hall–Kier alpha value is -0.690. The van der Waals surface area contributed by atoms with Gasteiger partial charge in [-0.05, 0) is 25.5 Å². The molecule has 2 N–H and O–H groups in total. The molecule has 1 rings (SSSR count). The Labute approximate surface area is 106 Å². The molecule has 0 saturated heterocycles. The quantitative estimate of drug-likeness (QED) is 0.793. The fourth-order valence-electron chi connectivity index (χ4n) is 1.01. The first-order chi connectivity index (χ1) is 7.77. The molecule has 0 fully saturated rings. The minimum absolute atomic E-state index is 0.0319. The lowest BCUT2D eigenvalue weighted by molar-refractivity contribution is 0.0613. The molecule has 0 aromatic carbocycles. The molecule has 0 aliphatic carbocycles. The first-order valence-corrected chi connectivity index (χ1v) is 6.96. The summed E-state index contributed by atoms with van der Waals surface area (Å²) in [4.78, 5) is 3.73. The van der Waals surface area contributed by atoms with Crippen LogP contribution >= 0.6 is 11.6 Å². The largest absolute Gasteiger partial charge is 0.389 e. The zero-order chi connectivity index (χ0) is 13.1. The highest BCUT2D eigenvalue weighted by Gasteiger charge is 2.22. The zero-order valence-corrected chi connectivity index (χ0v) is 11.2. The number of halogens is 1. The predicted molar refractivity (Wildman–Crippen MR) is 65.4 cm³/mol. The summed E-state index contributed by atoms with van der Waals surface area (Å²) in [6, 6.07) is 2.60. The van der Waals surface area contributed by atoms with Gasteiger partial charge in [-0.15, -0.1) is 0 Å². The number of sulfonamides is 1. The van der Waals surface area contributed by atoms with Crippen molar-refractivity contribution in [1.82, 2.24) is 9.71 Å². The Bertz CT molecular complexity index is 488. The Morgan fingerprint density at radius 3 is 2.76 bits per heavy atom. The van der Waals surface area contributed by atoms with Crippen molar-refractivity contribution in [2.75, 3.05) is 6.54 Å². The SMILES string of the molecule is CCC(C)(O)CNS(=O)(=O)c1ccnc(Cl)c1. The summed E-state index contributed by atoms with van der Waals surface area (Å²) >= 11 is 5.62. The summed E-state index contributed by atoms with van der Waals surface area (Å²) in [7, 11) is -3.66. The van der Waals surface area contributed by atoms with Gasteiger partial charge in [-0.25, -0.2) is 18.1 Å². The van der Waals surface area contributed by atoms with E-state index in [0.29, 0.717) is 6.42 Å². The van der Waals surface area contributed by atoms with Crippen LogP contribution in [0.15, 0.2) is 23.2 Å². The van der Waals surface area contributed by atoms with Gasteiger partial charge in [0.2, 0.25) is 10.0 Å². The van der Waals surface area contributed by atoms with Gasteiger partial charge in [-0.1, -0.05) is 18.5 Å². The van der Waals surface area contributed by atoms with Crippen molar-refractivity contribution >= 4 is 21.6 Å². The van der Waals surface area contributed by atoms with Crippen LogP contribution < -0.4 is 4.72 Å². The summed E-state index contributed by atoms with van der Waals surface area (Å²) in [5.74, 6) is 0. The first kappa shape index (κ1) is 14.4. The highest BCUT2D eigenvalue weighted by atomic mass is 35.5. The molecule has 5 nitrogen and oxygen atoms in total. The molecule has 17 heavy (non-hydrogen) atoms. The summed E-state index contributed by atoms with van der Waals surface area (Å²) in [5, 5.41) is 9.83. The Kier molecular flexibility index (Phi) is 4.48. The lowest BCUT2D eigenvalue weighted by atomic mass is 10.1. The van der Waals surface area contributed by atoms with Crippen molar-refractivity contribution < 1.29 is 13.5 Å². The number of hydrogen-bond donors (Lipinski definition) is 2. The van der Waals surface area contributed by atoms with Gasteiger partial charge < -0.3 is 5.11 Å². The average molecular weight is 279 g/mol. The Morgan fingerprint density at radius 1 is 1.59 bits per heavy atom. The van der Waals surface area contributed by atoms with Gasteiger partial charge in [0, 0.05) is 12.7 Å². The van der Waals surface area contributed by atoms with Gasteiger partial charge in [0.05, 0.1) is 10.5 Å². The topological polar surface area (TPSA) is 79.3 Å². The number of aliphatic hydroxyl groups is 1. The zero-order valence-electron chi connectivity index (χ0n) is 9.64. The van der Waals surface area contributed by atoms with E-state index in [1.54, 1.807) is 13.8 Å². The van der Waals surface area contributed by atoms with E-state index in [4.69, 9.17) is 11.6 Å². The second-order valence-corrected chi connectivity index (χ2v) is 6.14. The monoisotopic (exact) mass is 278 g/mol. The van der Waals surface area contributed by atoms with Crippen LogP contribution in [0, 0.1) is 0 Å². The molecule has 1 aromatic heterocycles. The minimum Gasteiger partial charge on any atom is -0.389 e. The van der Waals surface area contributed by atoms with Crippen molar-refractivity contribution in [3.05, 3.63) is 23.5 Å². The summed E-state index contributed by atoms with van der Waals surface area (Å²) < 4.78 is 26.0. The average Bonchev–Trinajstić information content (AvgIpc) is 2.27. The fourth-order valence-corrected chi connectivity index (χ4v) is 2.42. The van der Waals surface area contributed by atoms with Gasteiger partial charge in [-0.2, -0.15) is 0 Å². The smallest absolute Gasteiger partial charge is 0.240 e. The molecule has 0 aliphatic heterocycles. The van der Waals surface area contributed by atoms with E-state index in [1.807, 2.05) is 0 Å². The van der Waals surface area contributed by atoms with E-state index in [1.165, 1.54) is 18.3 Å². The van der Waals surface area contributed by atoms with Crippen LogP contribution in [0.5, 0.6) is 0 Å². The number of pyridine rings is 1. The second kappa shape index (κ2) is 5.30. The minimum atomic E-state index is -3.66. The van der Waals surface area contributed by atoms with Crippen LogP contribution in [-0.2, 0) is 10.0 Å². The van der Waals surface area contributed by atoms with Crippen LogP contribution in [0.3, 0.4) is 0 Å². The molecule has 7 heteroatoms. The van der Waals surface area contributed by atoms with E-state index in [0.717, 1.165) is 0 Å². The molecule has 0 bridgehead atoms. The van der Waals surface area contributed by atoms with Crippen LogP contribution in [-0.4, -0.2) is 30.7 Å². The molecule has 1 aromatic rings. The summed E-state index contributed by atoms with van der Waals surface area (Å²) in [6.45, 7) is 3.29. The number of hydrogen-bond acceptors (Lipinski definition) is 4. The summed E-state index contributed by atoms with van der Waals surface area (Å²) in [6.07, 6.45) is 1.77. The third kappa shape index (κ3) is 4.23. The molecule has 1 heterocycles. The highest BCUT2D eigenvalue weighted by Crippen LogP contribution is 2.14. The van der Waals surface area contributed by atoms with Crippen molar-refractivity contribution in [2.24, 2.45) is 0 Å².